The van der Waals surface area contributed by atoms with Crippen molar-refractivity contribution in [3.05, 3.63) is 0 Å². The highest BCUT2D eigenvalue weighted by Gasteiger charge is 2.18. The molecule has 0 fully saturated rings. The molecule has 0 heterocycles. The van der Waals surface area contributed by atoms with E-state index in [1.807, 2.05) is 0 Å². The lowest BCUT2D eigenvalue weighted by molar-refractivity contribution is 0.334. The van der Waals surface area contributed by atoms with Crippen LogP contribution in [-0.4, -0.2) is 58.9 Å². The summed E-state index contributed by atoms with van der Waals surface area (Å²) in [6.45, 7) is 20.1. The Morgan fingerprint density at radius 1 is 0.552 bits per heavy atom. The largest absolute Gasteiger partial charge is 0.424 e. The lowest BCUT2D eigenvalue weighted by atomic mass is 10.1. The number of rotatable bonds is 22. The highest BCUT2D eigenvalue weighted by molar-refractivity contribution is 6.32. The maximum Gasteiger partial charge on any atom is 0.167 e. The van der Waals surface area contributed by atoms with Gasteiger partial charge in [-0.15, -0.1) is 0 Å². The van der Waals surface area contributed by atoms with Gasteiger partial charge in [-0.25, -0.2) is 0 Å². The van der Waals surface area contributed by atoms with Crippen LogP contribution < -0.4 is 10.6 Å². The van der Waals surface area contributed by atoms with E-state index in [1.54, 1.807) is 0 Å². The Bertz CT molecular complexity index is 324. The van der Waals surface area contributed by atoms with Gasteiger partial charge in [0.25, 0.3) is 0 Å². The first-order valence-electron chi connectivity index (χ1n) is 12.4. The van der Waals surface area contributed by atoms with Crippen LogP contribution in [0.4, 0.5) is 0 Å². The Balaban J connectivity index is 3.28. The standard InChI is InChI=1S/C23H54N2O2Si2/c1-7-26-28-22(3,4)16-20-24-18-14-12-10-9-11-13-15-19-25-21-17-23(5,6)29-27-8-2/h24-25H,7-21,28-29H2,1-6H3. The Morgan fingerprint density at radius 3 is 1.24 bits per heavy atom. The van der Waals surface area contributed by atoms with Crippen LogP contribution >= 0.6 is 0 Å². The predicted octanol–water partition coefficient (Wildman–Crippen LogP) is 4.31. The molecule has 0 aromatic rings. The maximum absolute atomic E-state index is 5.70. The van der Waals surface area contributed by atoms with Crippen molar-refractivity contribution in [1.82, 2.24) is 10.6 Å². The lowest BCUT2D eigenvalue weighted by Gasteiger charge is -2.23. The fraction of sp³-hybridized carbons (Fsp3) is 1.00. The van der Waals surface area contributed by atoms with Crippen LogP contribution in [0.2, 0.25) is 10.1 Å². The van der Waals surface area contributed by atoms with Gasteiger partial charge in [0.2, 0.25) is 0 Å². The topological polar surface area (TPSA) is 42.5 Å². The summed E-state index contributed by atoms with van der Waals surface area (Å²) in [6.07, 6.45) is 12.1. The maximum atomic E-state index is 5.70. The van der Waals surface area contributed by atoms with Crippen LogP contribution in [0, 0.1) is 0 Å². The van der Waals surface area contributed by atoms with E-state index in [1.165, 1.54) is 70.9 Å². The molecule has 0 atom stereocenters. The van der Waals surface area contributed by atoms with E-state index in [9.17, 15) is 0 Å². The minimum absolute atomic E-state index is 0.382. The highest BCUT2D eigenvalue weighted by atomic mass is 28.2. The van der Waals surface area contributed by atoms with E-state index in [4.69, 9.17) is 8.85 Å². The van der Waals surface area contributed by atoms with Gasteiger partial charge < -0.3 is 19.5 Å². The first kappa shape index (κ1) is 29.3. The third-order valence-electron chi connectivity index (χ3n) is 5.56. The fourth-order valence-corrected chi connectivity index (χ4v) is 5.54. The summed E-state index contributed by atoms with van der Waals surface area (Å²) in [5.74, 6) is 0. The minimum atomic E-state index is -0.382. The van der Waals surface area contributed by atoms with Gasteiger partial charge in [-0.3, -0.25) is 0 Å². The molecule has 0 aromatic carbocycles. The van der Waals surface area contributed by atoms with Crippen LogP contribution in [0.1, 0.15) is 99.3 Å². The molecule has 0 radical (unpaired) electrons. The van der Waals surface area contributed by atoms with Gasteiger partial charge in [0.05, 0.1) is 0 Å². The van der Waals surface area contributed by atoms with E-state index < -0.39 is 0 Å². The number of hydrogen-bond donors (Lipinski definition) is 2. The van der Waals surface area contributed by atoms with E-state index in [0.717, 1.165) is 26.3 Å². The van der Waals surface area contributed by atoms with Gasteiger partial charge in [-0.1, -0.05) is 59.8 Å². The van der Waals surface area contributed by atoms with Crippen molar-refractivity contribution in [3.8, 4) is 0 Å². The third-order valence-corrected chi connectivity index (χ3v) is 9.05. The molecule has 0 aliphatic heterocycles. The molecule has 0 spiro atoms. The van der Waals surface area contributed by atoms with Crippen LogP contribution in [0.15, 0.2) is 0 Å². The second-order valence-corrected chi connectivity index (χ2v) is 15.3. The number of hydrogen-bond acceptors (Lipinski definition) is 4. The van der Waals surface area contributed by atoms with Gasteiger partial charge in [-0.05, 0) is 75.8 Å². The molecule has 0 saturated heterocycles. The van der Waals surface area contributed by atoms with Crippen LogP contribution in [0.5, 0.6) is 0 Å². The summed E-state index contributed by atoms with van der Waals surface area (Å²) in [5.41, 5.74) is 0. The number of nitrogens with one attached hydrogen (secondary N) is 2. The van der Waals surface area contributed by atoms with Crippen molar-refractivity contribution in [1.29, 1.82) is 0 Å². The average Bonchev–Trinajstić information content (AvgIpc) is 2.67. The molecule has 2 N–H and O–H groups in total. The Kier molecular flexibility index (Phi) is 19.2. The zero-order valence-corrected chi connectivity index (χ0v) is 23.7. The molecule has 0 rings (SSSR count). The SMILES string of the molecule is CCO[SiH2]C(C)(C)CCNCCCCCCCCCNCCC(C)(C)[SiH2]OCC. The van der Waals surface area contributed by atoms with Crippen molar-refractivity contribution in [3.63, 3.8) is 0 Å². The van der Waals surface area contributed by atoms with Gasteiger partial charge in [0, 0.05) is 13.2 Å². The molecular formula is C23H54N2O2Si2. The minimum Gasteiger partial charge on any atom is -0.424 e. The second-order valence-electron chi connectivity index (χ2n) is 10.1. The highest BCUT2D eigenvalue weighted by Crippen LogP contribution is 2.27. The first-order chi connectivity index (χ1) is 13.8. The molecule has 0 unspecified atom stereocenters. The molecule has 0 saturated carbocycles. The van der Waals surface area contributed by atoms with Gasteiger partial charge in [0.1, 0.15) is 0 Å². The van der Waals surface area contributed by atoms with Gasteiger partial charge in [-0.2, -0.15) is 0 Å². The van der Waals surface area contributed by atoms with E-state index >= 15 is 0 Å². The van der Waals surface area contributed by atoms with E-state index in [2.05, 4.69) is 52.2 Å². The molecule has 29 heavy (non-hydrogen) atoms. The summed E-state index contributed by atoms with van der Waals surface area (Å²) in [4.78, 5) is 0. The Labute approximate surface area is 187 Å². The quantitative estimate of drug-likeness (QED) is 0.192. The molecule has 0 amide bonds. The average molecular weight is 447 g/mol. The Hall–Kier alpha value is 0.274. The van der Waals surface area contributed by atoms with E-state index in [0.29, 0.717) is 10.1 Å². The Morgan fingerprint density at radius 2 is 0.897 bits per heavy atom. The summed E-state index contributed by atoms with van der Waals surface area (Å²) >= 11 is 0. The number of unbranched alkanes of at least 4 members (excludes halogenated alkanes) is 6. The van der Waals surface area contributed by atoms with E-state index in [-0.39, 0.29) is 19.5 Å². The molecule has 0 aliphatic rings. The van der Waals surface area contributed by atoms with Gasteiger partial charge >= 0.3 is 0 Å². The molecule has 176 valence electrons. The van der Waals surface area contributed by atoms with Crippen molar-refractivity contribution < 1.29 is 8.85 Å². The zero-order valence-electron chi connectivity index (χ0n) is 20.8. The van der Waals surface area contributed by atoms with Crippen molar-refractivity contribution in [2.75, 3.05) is 39.4 Å². The summed E-state index contributed by atoms with van der Waals surface area (Å²) < 4.78 is 11.4. The zero-order chi connectivity index (χ0) is 21.8. The van der Waals surface area contributed by atoms with Crippen molar-refractivity contribution in [2.24, 2.45) is 0 Å². The summed E-state index contributed by atoms with van der Waals surface area (Å²) in [5, 5.41) is 8.11. The van der Waals surface area contributed by atoms with Crippen LogP contribution in [-0.2, 0) is 8.85 Å². The third kappa shape index (κ3) is 21.3. The molecule has 6 heteroatoms. The summed E-state index contributed by atoms with van der Waals surface area (Å²) in [7, 11) is -0.764. The molecule has 0 aliphatic carbocycles. The normalized spacial score (nSPS) is 13.4. The van der Waals surface area contributed by atoms with Crippen LogP contribution in [0.25, 0.3) is 0 Å². The van der Waals surface area contributed by atoms with Crippen molar-refractivity contribution in [2.45, 2.75) is 109 Å². The lowest BCUT2D eigenvalue weighted by Crippen LogP contribution is -2.24. The molecular weight excluding hydrogens is 392 g/mol. The molecule has 0 aromatic heterocycles. The molecule has 0 bridgehead atoms. The fourth-order valence-electron chi connectivity index (χ4n) is 3.39. The van der Waals surface area contributed by atoms with Crippen LogP contribution in [0.3, 0.4) is 0 Å². The van der Waals surface area contributed by atoms with Crippen molar-refractivity contribution >= 4 is 19.5 Å². The first-order valence-corrected chi connectivity index (χ1v) is 15.0. The summed E-state index contributed by atoms with van der Waals surface area (Å²) in [6, 6.07) is 0. The second kappa shape index (κ2) is 19.0. The predicted molar refractivity (Wildman–Crippen MR) is 136 cm³/mol. The monoisotopic (exact) mass is 446 g/mol. The smallest absolute Gasteiger partial charge is 0.167 e. The van der Waals surface area contributed by atoms with Gasteiger partial charge in [0.15, 0.2) is 19.5 Å². The molecule has 4 nitrogen and oxygen atoms in total.